The number of aliphatic hydroxyl groups excluding tert-OH is 1. The van der Waals surface area contributed by atoms with Crippen LogP contribution in [0.5, 0.6) is 0 Å². The largest absolute Gasteiger partial charge is 0.397 e. The SMILES string of the molecule is CCO.NC12NCCCCCCN1CCCCCCN1CCCCCCN3CCCCCCOC312. The molecule has 0 aromatic rings. The first-order valence-corrected chi connectivity index (χ1v) is 15.2. The third-order valence-electron chi connectivity index (χ3n) is 8.44. The summed E-state index contributed by atoms with van der Waals surface area (Å²) in [6, 6.07) is 0. The van der Waals surface area contributed by atoms with Crippen molar-refractivity contribution in [1.29, 1.82) is 0 Å². The van der Waals surface area contributed by atoms with E-state index in [2.05, 4.69) is 20.0 Å². The average Bonchev–Trinajstić information content (AvgIpc) is 3.06. The van der Waals surface area contributed by atoms with Crippen LogP contribution in [0.15, 0.2) is 0 Å². The van der Waals surface area contributed by atoms with Crippen molar-refractivity contribution in [3.05, 3.63) is 0 Å². The summed E-state index contributed by atoms with van der Waals surface area (Å²) < 4.78 is 7.21. The van der Waals surface area contributed by atoms with Gasteiger partial charge in [-0.2, -0.15) is 0 Å². The summed E-state index contributed by atoms with van der Waals surface area (Å²) in [6.45, 7) is 10.3. The van der Waals surface area contributed by atoms with Gasteiger partial charge >= 0.3 is 0 Å². The average molecular weight is 496 g/mol. The predicted molar refractivity (Wildman–Crippen MR) is 145 cm³/mol. The summed E-state index contributed by atoms with van der Waals surface area (Å²) in [5, 5.41) is 11.5. The molecule has 0 bridgehead atoms. The van der Waals surface area contributed by atoms with Gasteiger partial charge in [-0.3, -0.25) is 25.8 Å². The van der Waals surface area contributed by atoms with Gasteiger partial charge in [0, 0.05) is 45.9 Å². The van der Waals surface area contributed by atoms with E-state index in [1.165, 1.54) is 96.3 Å². The molecular formula is C28H57N5O2. The number of hydrogen-bond donors (Lipinski definition) is 3. The van der Waals surface area contributed by atoms with Gasteiger partial charge in [-0.1, -0.05) is 51.4 Å². The minimum absolute atomic E-state index is 0.250. The minimum Gasteiger partial charge on any atom is -0.397 e. The lowest BCUT2D eigenvalue weighted by molar-refractivity contribution is -0.321. The Kier molecular flexibility index (Phi) is 13.3. The zero-order valence-electron chi connectivity index (χ0n) is 23.0. The van der Waals surface area contributed by atoms with Gasteiger partial charge in [-0.05, 0) is 64.8 Å². The van der Waals surface area contributed by atoms with Crippen molar-refractivity contribution in [2.24, 2.45) is 5.73 Å². The van der Waals surface area contributed by atoms with E-state index in [-0.39, 0.29) is 6.61 Å². The number of nitrogens with two attached hydrogens (primary N) is 1. The van der Waals surface area contributed by atoms with E-state index in [1.807, 2.05) is 0 Å². The maximum absolute atomic E-state index is 7.74. The van der Waals surface area contributed by atoms with Gasteiger partial charge in [0.15, 0.2) is 5.79 Å². The lowest BCUT2D eigenvalue weighted by atomic mass is 10.0. The molecule has 206 valence electrons. The normalized spacial score (nSPS) is 34.0. The van der Waals surface area contributed by atoms with Gasteiger partial charge in [-0.15, -0.1) is 0 Å². The van der Waals surface area contributed by atoms with Crippen molar-refractivity contribution in [3.63, 3.8) is 0 Å². The molecule has 0 aliphatic carbocycles. The second-order valence-electron chi connectivity index (χ2n) is 11.1. The van der Waals surface area contributed by atoms with Crippen LogP contribution in [0.2, 0.25) is 0 Å². The zero-order valence-corrected chi connectivity index (χ0v) is 23.0. The highest BCUT2D eigenvalue weighted by Crippen LogP contribution is 2.38. The molecule has 4 aliphatic heterocycles. The van der Waals surface area contributed by atoms with Crippen molar-refractivity contribution in [2.75, 3.05) is 59.0 Å². The molecule has 4 rings (SSSR count). The Morgan fingerprint density at radius 3 is 1.46 bits per heavy atom. The van der Waals surface area contributed by atoms with E-state index in [0.29, 0.717) is 0 Å². The van der Waals surface area contributed by atoms with Crippen molar-refractivity contribution in [1.82, 2.24) is 20.0 Å². The fraction of sp³-hybridized carbons (Fsp3) is 1.00. The Bertz CT molecular complexity index is 563. The molecule has 2 unspecified atom stereocenters. The lowest BCUT2D eigenvalue weighted by Gasteiger charge is -2.61. The third kappa shape index (κ3) is 7.62. The maximum atomic E-state index is 7.74. The molecule has 2 atom stereocenters. The van der Waals surface area contributed by atoms with Gasteiger partial charge in [0.2, 0.25) is 5.85 Å². The van der Waals surface area contributed by atoms with Crippen LogP contribution in [-0.2, 0) is 4.74 Å². The number of aliphatic hydroxyl groups is 1. The molecule has 0 aromatic carbocycles. The summed E-state index contributed by atoms with van der Waals surface area (Å²) in [6.07, 6.45) is 20.4. The Morgan fingerprint density at radius 1 is 0.629 bits per heavy atom. The van der Waals surface area contributed by atoms with Crippen LogP contribution >= 0.6 is 0 Å². The summed E-state index contributed by atoms with van der Waals surface area (Å²) in [7, 11) is 0. The second kappa shape index (κ2) is 15.9. The summed E-state index contributed by atoms with van der Waals surface area (Å²) >= 11 is 0. The van der Waals surface area contributed by atoms with Crippen molar-refractivity contribution in [2.45, 2.75) is 121 Å². The van der Waals surface area contributed by atoms with Crippen LogP contribution in [0.1, 0.15) is 110 Å². The number of nitrogens with zero attached hydrogens (tertiary/aromatic N) is 3. The first kappa shape index (κ1) is 29.3. The molecule has 35 heavy (non-hydrogen) atoms. The fourth-order valence-electron chi connectivity index (χ4n) is 6.65. The molecule has 0 amide bonds. The fourth-order valence-corrected chi connectivity index (χ4v) is 6.65. The Morgan fingerprint density at radius 2 is 1.00 bits per heavy atom. The third-order valence-corrected chi connectivity index (χ3v) is 8.44. The molecule has 1 spiro atoms. The van der Waals surface area contributed by atoms with Gasteiger partial charge in [0.05, 0.1) is 6.61 Å². The van der Waals surface area contributed by atoms with Gasteiger partial charge in [0.25, 0.3) is 0 Å². The highest BCUT2D eigenvalue weighted by atomic mass is 16.5. The number of hydrogen-bond acceptors (Lipinski definition) is 7. The van der Waals surface area contributed by atoms with Crippen molar-refractivity contribution < 1.29 is 9.84 Å². The summed E-state index contributed by atoms with van der Waals surface area (Å²) in [4.78, 5) is 8.05. The smallest absolute Gasteiger partial charge is 0.227 e. The monoisotopic (exact) mass is 495 g/mol. The molecule has 4 saturated heterocycles. The van der Waals surface area contributed by atoms with Crippen LogP contribution in [-0.4, -0.2) is 90.5 Å². The van der Waals surface area contributed by atoms with Gasteiger partial charge < -0.3 is 9.84 Å². The highest BCUT2D eigenvalue weighted by molar-refractivity contribution is 5.04. The number of fused-ring (bicyclic) bond motifs is 1. The number of ether oxygens (including phenoxy) is 1. The molecule has 7 heteroatoms. The molecule has 0 saturated carbocycles. The van der Waals surface area contributed by atoms with Crippen LogP contribution in [0.25, 0.3) is 0 Å². The lowest BCUT2D eigenvalue weighted by Crippen LogP contribution is -2.87. The standard InChI is InChI=1S/C26H51N5O.C2H6O/c27-25-26-30(20-12-4-3-11-19-29(25)18-10-2-1-9-17-28-25)21-13-5-6-14-22-31(26)23-15-7-8-16-24-32-26;1-2-3/h28H,1-24,27H2;3H,2H2,1H3. The molecule has 7 nitrogen and oxygen atoms in total. The van der Waals surface area contributed by atoms with Crippen molar-refractivity contribution >= 4 is 0 Å². The number of rotatable bonds is 0. The van der Waals surface area contributed by atoms with E-state index in [1.54, 1.807) is 6.92 Å². The van der Waals surface area contributed by atoms with E-state index >= 15 is 0 Å². The molecular weight excluding hydrogens is 438 g/mol. The first-order valence-electron chi connectivity index (χ1n) is 15.2. The molecule has 4 aliphatic rings. The van der Waals surface area contributed by atoms with Gasteiger partial charge in [0.1, 0.15) is 0 Å². The van der Waals surface area contributed by atoms with Crippen LogP contribution in [0, 0.1) is 0 Å². The molecule has 4 heterocycles. The molecule has 0 aromatic heterocycles. The first-order chi connectivity index (χ1) is 17.2. The van der Waals surface area contributed by atoms with Crippen LogP contribution in [0.4, 0.5) is 0 Å². The minimum atomic E-state index is -0.677. The van der Waals surface area contributed by atoms with Crippen LogP contribution < -0.4 is 11.1 Å². The number of nitrogens with one attached hydrogen (secondary N) is 1. The maximum Gasteiger partial charge on any atom is 0.227 e. The zero-order chi connectivity index (χ0) is 24.8. The van der Waals surface area contributed by atoms with E-state index < -0.39 is 11.6 Å². The quantitative estimate of drug-likeness (QED) is 0.468. The Labute approximate surface area is 216 Å². The molecule has 4 N–H and O–H groups in total. The highest BCUT2D eigenvalue weighted by Gasteiger charge is 2.60. The second-order valence-corrected chi connectivity index (χ2v) is 11.1. The molecule has 4 fully saturated rings. The van der Waals surface area contributed by atoms with Gasteiger partial charge in [-0.25, -0.2) is 0 Å². The Balaban J connectivity index is 0.00000108. The topological polar surface area (TPSA) is 77.2 Å². The molecule has 0 radical (unpaired) electrons. The van der Waals surface area contributed by atoms with Crippen molar-refractivity contribution in [3.8, 4) is 0 Å². The van der Waals surface area contributed by atoms with E-state index in [0.717, 1.165) is 58.8 Å². The summed E-state index contributed by atoms with van der Waals surface area (Å²) in [5.74, 6) is -1.26. The van der Waals surface area contributed by atoms with E-state index in [9.17, 15) is 0 Å². The van der Waals surface area contributed by atoms with Crippen LogP contribution in [0.3, 0.4) is 0 Å². The Hall–Kier alpha value is -0.280. The van der Waals surface area contributed by atoms with E-state index in [4.69, 9.17) is 15.6 Å². The summed E-state index contributed by atoms with van der Waals surface area (Å²) in [5.41, 5.74) is 7.74. The predicted octanol–water partition coefficient (Wildman–Crippen LogP) is 4.06.